The van der Waals surface area contributed by atoms with Crippen LogP contribution in [0.2, 0.25) is 0 Å². The molecule has 0 amide bonds. The highest BCUT2D eigenvalue weighted by molar-refractivity contribution is 14.0. The molecule has 3 rings (SSSR count). The van der Waals surface area contributed by atoms with Gasteiger partial charge in [0.25, 0.3) is 0 Å². The van der Waals surface area contributed by atoms with E-state index in [1.165, 1.54) is 25.7 Å². The van der Waals surface area contributed by atoms with Crippen molar-refractivity contribution >= 4 is 29.9 Å². The normalized spacial score (nSPS) is 30.2. The molecule has 3 fully saturated rings. The third kappa shape index (κ3) is 4.01. The van der Waals surface area contributed by atoms with Crippen molar-refractivity contribution in [3.8, 4) is 0 Å². The van der Waals surface area contributed by atoms with Crippen molar-refractivity contribution in [2.24, 2.45) is 10.4 Å². The quantitative estimate of drug-likeness (QED) is 0.330. The van der Waals surface area contributed by atoms with Crippen molar-refractivity contribution in [3.05, 3.63) is 0 Å². The van der Waals surface area contributed by atoms with E-state index in [2.05, 4.69) is 29.5 Å². The molecule has 3 aliphatic carbocycles. The van der Waals surface area contributed by atoms with E-state index in [9.17, 15) is 5.11 Å². The van der Waals surface area contributed by atoms with E-state index in [-0.39, 0.29) is 24.0 Å². The second-order valence-corrected chi connectivity index (χ2v) is 7.59. The largest absolute Gasteiger partial charge is 0.388 e. The summed E-state index contributed by atoms with van der Waals surface area (Å²) in [5, 5.41) is 17.3. The second kappa shape index (κ2) is 8.54. The Labute approximate surface area is 163 Å². The van der Waals surface area contributed by atoms with Gasteiger partial charge in [-0.2, -0.15) is 0 Å². The number of aliphatic hydroxyl groups is 1. The molecule has 1 spiro atoms. The summed E-state index contributed by atoms with van der Waals surface area (Å²) in [4.78, 5) is 4.66. The lowest BCUT2D eigenvalue weighted by atomic mass is 9.60. The van der Waals surface area contributed by atoms with Crippen LogP contribution in [-0.2, 0) is 4.74 Å². The monoisotopic (exact) mass is 451 g/mol. The van der Waals surface area contributed by atoms with Crippen molar-refractivity contribution in [2.45, 2.75) is 83.0 Å². The zero-order valence-electron chi connectivity index (χ0n) is 15.1. The molecule has 0 aromatic rings. The van der Waals surface area contributed by atoms with Gasteiger partial charge in [0.05, 0.1) is 18.2 Å². The third-order valence-corrected chi connectivity index (χ3v) is 6.16. The first-order chi connectivity index (χ1) is 11.1. The molecule has 140 valence electrons. The van der Waals surface area contributed by atoms with Crippen LogP contribution in [0.1, 0.15) is 65.2 Å². The van der Waals surface area contributed by atoms with Crippen molar-refractivity contribution in [3.63, 3.8) is 0 Å². The molecule has 5 nitrogen and oxygen atoms in total. The molecule has 0 radical (unpaired) electrons. The van der Waals surface area contributed by atoms with Crippen LogP contribution in [0.4, 0.5) is 0 Å². The second-order valence-electron chi connectivity index (χ2n) is 7.59. The number of ether oxygens (including phenoxy) is 1. The van der Waals surface area contributed by atoms with Crippen LogP contribution < -0.4 is 10.6 Å². The molecule has 0 saturated heterocycles. The fourth-order valence-corrected chi connectivity index (χ4v) is 4.54. The van der Waals surface area contributed by atoms with Crippen LogP contribution in [0.25, 0.3) is 0 Å². The molecule has 0 aliphatic heterocycles. The fraction of sp³-hybridized carbons (Fsp3) is 0.944. The van der Waals surface area contributed by atoms with E-state index in [4.69, 9.17) is 4.74 Å². The number of nitrogens with zero attached hydrogens (tertiary/aromatic N) is 1. The first-order valence-corrected chi connectivity index (χ1v) is 9.51. The number of hydrogen-bond acceptors (Lipinski definition) is 3. The average molecular weight is 451 g/mol. The van der Waals surface area contributed by atoms with Gasteiger partial charge in [-0.05, 0) is 52.4 Å². The smallest absolute Gasteiger partial charge is 0.191 e. The predicted octanol–water partition coefficient (Wildman–Crippen LogP) is 2.81. The van der Waals surface area contributed by atoms with Gasteiger partial charge < -0.3 is 20.5 Å². The number of hydrogen-bond donors (Lipinski definition) is 3. The Hall–Kier alpha value is -0.0800. The summed E-state index contributed by atoms with van der Waals surface area (Å²) in [6.07, 6.45) is 9.53. The van der Waals surface area contributed by atoms with Crippen LogP contribution in [0.5, 0.6) is 0 Å². The Morgan fingerprint density at radius 1 is 1.17 bits per heavy atom. The average Bonchev–Trinajstić information content (AvgIpc) is 3.02. The fourth-order valence-electron chi connectivity index (χ4n) is 4.54. The zero-order valence-corrected chi connectivity index (χ0v) is 17.5. The lowest BCUT2D eigenvalue weighted by Gasteiger charge is -2.54. The Morgan fingerprint density at radius 2 is 1.88 bits per heavy atom. The van der Waals surface area contributed by atoms with Gasteiger partial charge in [-0.3, -0.25) is 4.99 Å². The van der Waals surface area contributed by atoms with Gasteiger partial charge in [0.1, 0.15) is 0 Å². The number of halogens is 1. The van der Waals surface area contributed by atoms with E-state index in [1.54, 1.807) is 0 Å². The third-order valence-electron chi connectivity index (χ3n) is 6.16. The number of aliphatic imine (C=N–C) groups is 1. The van der Waals surface area contributed by atoms with Crippen LogP contribution >= 0.6 is 24.0 Å². The predicted molar refractivity (Wildman–Crippen MR) is 108 cm³/mol. The van der Waals surface area contributed by atoms with Gasteiger partial charge in [-0.1, -0.05) is 12.8 Å². The summed E-state index contributed by atoms with van der Waals surface area (Å²) in [5.41, 5.74) is -0.250. The molecular weight excluding hydrogens is 417 g/mol. The molecule has 3 saturated carbocycles. The Balaban J connectivity index is 0.00000208. The first-order valence-electron chi connectivity index (χ1n) is 9.51. The van der Waals surface area contributed by atoms with E-state index in [0.717, 1.165) is 44.8 Å². The highest BCUT2D eigenvalue weighted by Gasteiger charge is 2.57. The molecule has 0 aromatic carbocycles. The van der Waals surface area contributed by atoms with E-state index in [0.29, 0.717) is 24.1 Å². The number of rotatable bonds is 6. The van der Waals surface area contributed by atoms with E-state index < -0.39 is 5.60 Å². The van der Waals surface area contributed by atoms with Crippen molar-refractivity contribution in [1.82, 2.24) is 10.6 Å². The number of guanidine groups is 1. The Morgan fingerprint density at radius 3 is 2.42 bits per heavy atom. The topological polar surface area (TPSA) is 65.9 Å². The van der Waals surface area contributed by atoms with Crippen molar-refractivity contribution in [2.75, 3.05) is 19.7 Å². The molecular formula is C18H34IN3O2. The maximum absolute atomic E-state index is 10.3. The lowest BCUT2D eigenvalue weighted by molar-refractivity contribution is -0.125. The highest BCUT2D eigenvalue weighted by Crippen LogP contribution is 2.54. The summed E-state index contributed by atoms with van der Waals surface area (Å²) >= 11 is 0. The molecule has 0 bridgehead atoms. The van der Waals surface area contributed by atoms with E-state index >= 15 is 0 Å². The summed E-state index contributed by atoms with van der Waals surface area (Å²) in [6.45, 7) is 6.34. The maximum atomic E-state index is 10.3. The Bertz CT molecular complexity index is 434. The minimum atomic E-state index is -0.555. The van der Waals surface area contributed by atoms with Gasteiger partial charge in [0.2, 0.25) is 0 Å². The van der Waals surface area contributed by atoms with Gasteiger partial charge in [0, 0.05) is 24.6 Å². The van der Waals surface area contributed by atoms with Gasteiger partial charge >= 0.3 is 0 Å². The van der Waals surface area contributed by atoms with Crippen molar-refractivity contribution < 1.29 is 9.84 Å². The summed E-state index contributed by atoms with van der Waals surface area (Å²) < 4.78 is 5.99. The van der Waals surface area contributed by atoms with Crippen LogP contribution in [0.3, 0.4) is 0 Å². The molecule has 24 heavy (non-hydrogen) atoms. The maximum Gasteiger partial charge on any atom is 0.191 e. The Kier molecular flexibility index (Phi) is 7.20. The van der Waals surface area contributed by atoms with E-state index in [1.807, 2.05) is 0 Å². The summed E-state index contributed by atoms with van der Waals surface area (Å²) in [5.74, 6) is 0.860. The molecule has 0 aromatic heterocycles. The van der Waals surface area contributed by atoms with Gasteiger partial charge in [0.15, 0.2) is 5.96 Å². The molecule has 0 heterocycles. The van der Waals surface area contributed by atoms with Crippen LogP contribution in [-0.4, -0.2) is 48.5 Å². The van der Waals surface area contributed by atoms with Gasteiger partial charge in [-0.15, -0.1) is 24.0 Å². The zero-order chi connectivity index (χ0) is 16.3. The lowest BCUT2D eigenvalue weighted by Crippen LogP contribution is -2.65. The van der Waals surface area contributed by atoms with Crippen molar-refractivity contribution in [1.29, 1.82) is 0 Å². The molecule has 3 aliphatic rings. The standard InChI is InChI=1S/C18H33N3O2.HI/c1-3-19-16(20-13-17(22)8-7-9-17)21-14-12-15(23-4-2)18(14)10-5-6-11-18;/h14-15,22H,3-13H2,1-2H3,(H2,19,20,21);1H. The molecule has 6 heteroatoms. The SMILES string of the molecule is CCNC(=NCC1(O)CCC1)NC1CC(OCC)C12CCCC2.I. The van der Waals surface area contributed by atoms with Crippen LogP contribution in [0, 0.1) is 5.41 Å². The highest BCUT2D eigenvalue weighted by atomic mass is 127. The minimum Gasteiger partial charge on any atom is -0.388 e. The minimum absolute atomic E-state index is 0. The molecule has 2 unspecified atom stereocenters. The molecule has 3 N–H and O–H groups in total. The summed E-state index contributed by atoms with van der Waals surface area (Å²) in [7, 11) is 0. The van der Waals surface area contributed by atoms with Gasteiger partial charge in [-0.25, -0.2) is 0 Å². The first kappa shape index (κ1) is 20.2. The molecule has 2 atom stereocenters. The summed E-state index contributed by atoms with van der Waals surface area (Å²) in [6, 6.07) is 0.454. The van der Waals surface area contributed by atoms with Crippen LogP contribution in [0.15, 0.2) is 4.99 Å². The number of nitrogens with one attached hydrogen (secondary N) is 2.